The van der Waals surface area contributed by atoms with Crippen LogP contribution in [0.15, 0.2) is 0 Å². The standard InChI is InChI=1S/C13H32O4Si2/c1-8-11(4)14-19(17-18-7,15-12(5)9-2)16-13(6)10-3/h11-13H,8-10,18H2,1-7H3. The molecule has 0 bridgehead atoms. The van der Waals surface area contributed by atoms with Crippen LogP contribution in [0.3, 0.4) is 0 Å². The van der Waals surface area contributed by atoms with Crippen LogP contribution in [0.5, 0.6) is 0 Å². The molecule has 3 unspecified atom stereocenters. The molecule has 0 fully saturated rings. The van der Waals surface area contributed by atoms with Crippen LogP contribution in [0.25, 0.3) is 0 Å². The maximum atomic E-state index is 6.08. The van der Waals surface area contributed by atoms with E-state index in [2.05, 4.69) is 27.3 Å². The van der Waals surface area contributed by atoms with Crippen LogP contribution in [0.4, 0.5) is 0 Å². The second-order valence-corrected chi connectivity index (χ2v) is 8.38. The Hall–Kier alpha value is 0.274. The highest BCUT2D eigenvalue weighted by atomic mass is 28.4. The van der Waals surface area contributed by atoms with Gasteiger partial charge < -0.3 is 17.4 Å². The Balaban J connectivity index is 4.96. The van der Waals surface area contributed by atoms with E-state index in [1.165, 1.54) is 0 Å². The van der Waals surface area contributed by atoms with Crippen molar-refractivity contribution >= 4 is 18.8 Å². The normalized spacial score (nSPS) is 20.4. The fraction of sp³-hybridized carbons (Fsp3) is 1.00. The SMILES string of the molecule is CCC(C)O[Si](O[SiH2]C)(OC(C)CC)OC(C)CC. The second kappa shape index (κ2) is 10.1. The van der Waals surface area contributed by atoms with E-state index in [9.17, 15) is 0 Å². The molecule has 0 amide bonds. The highest BCUT2D eigenvalue weighted by Crippen LogP contribution is 2.21. The van der Waals surface area contributed by atoms with E-state index in [0.717, 1.165) is 19.3 Å². The van der Waals surface area contributed by atoms with E-state index in [0.29, 0.717) is 0 Å². The summed E-state index contributed by atoms with van der Waals surface area (Å²) >= 11 is 0. The average Bonchev–Trinajstić information content (AvgIpc) is 2.38. The Kier molecular flexibility index (Phi) is 10.2. The van der Waals surface area contributed by atoms with Gasteiger partial charge in [-0.15, -0.1) is 0 Å². The first-order valence-electron chi connectivity index (χ1n) is 7.60. The summed E-state index contributed by atoms with van der Waals surface area (Å²) in [6.45, 7) is 14.5. The van der Waals surface area contributed by atoms with Gasteiger partial charge in [-0.1, -0.05) is 27.3 Å². The van der Waals surface area contributed by atoms with Crippen molar-refractivity contribution in [2.45, 2.75) is 85.7 Å². The molecule has 0 aliphatic carbocycles. The third-order valence-electron chi connectivity index (χ3n) is 3.08. The molecular formula is C13H32O4Si2. The third-order valence-corrected chi connectivity index (χ3v) is 7.72. The van der Waals surface area contributed by atoms with Crippen LogP contribution < -0.4 is 0 Å². The summed E-state index contributed by atoms with van der Waals surface area (Å²) in [4.78, 5) is 0. The predicted molar refractivity (Wildman–Crippen MR) is 83.8 cm³/mol. The smallest absolute Gasteiger partial charge is 0.400 e. The minimum absolute atomic E-state index is 0.0975. The summed E-state index contributed by atoms with van der Waals surface area (Å²) in [6.07, 6.45) is 3.08. The fourth-order valence-electron chi connectivity index (χ4n) is 1.35. The molecule has 0 heterocycles. The second-order valence-electron chi connectivity index (χ2n) is 4.94. The lowest BCUT2D eigenvalue weighted by atomic mass is 10.3. The van der Waals surface area contributed by atoms with Gasteiger partial charge in [0.1, 0.15) is 0 Å². The number of hydrogen-bond donors (Lipinski definition) is 0. The molecule has 6 heteroatoms. The topological polar surface area (TPSA) is 36.9 Å². The van der Waals surface area contributed by atoms with E-state index in [1.807, 2.05) is 20.8 Å². The van der Waals surface area contributed by atoms with Crippen LogP contribution in [-0.4, -0.2) is 37.1 Å². The molecule has 3 atom stereocenters. The molecule has 0 spiro atoms. The van der Waals surface area contributed by atoms with Gasteiger partial charge in [0.15, 0.2) is 9.76 Å². The zero-order chi connectivity index (χ0) is 14.9. The summed E-state index contributed by atoms with van der Waals surface area (Å²) in [5.41, 5.74) is 0. The lowest BCUT2D eigenvalue weighted by Gasteiger charge is -2.34. The molecule has 4 nitrogen and oxygen atoms in total. The highest BCUT2D eigenvalue weighted by Gasteiger charge is 2.48. The Morgan fingerprint density at radius 1 is 0.789 bits per heavy atom. The molecular weight excluding hydrogens is 276 g/mol. The van der Waals surface area contributed by atoms with Crippen molar-refractivity contribution in [3.05, 3.63) is 0 Å². The van der Waals surface area contributed by atoms with Crippen molar-refractivity contribution in [3.8, 4) is 0 Å². The van der Waals surface area contributed by atoms with Crippen LogP contribution in [0.1, 0.15) is 60.8 Å². The van der Waals surface area contributed by atoms with Crippen molar-refractivity contribution < 1.29 is 17.4 Å². The maximum absolute atomic E-state index is 6.08. The van der Waals surface area contributed by atoms with Crippen LogP contribution in [0, 0.1) is 0 Å². The minimum Gasteiger partial charge on any atom is -0.400 e. The molecule has 0 rings (SSSR count). The van der Waals surface area contributed by atoms with Crippen molar-refractivity contribution in [1.29, 1.82) is 0 Å². The minimum atomic E-state index is -2.99. The van der Waals surface area contributed by atoms with Gasteiger partial charge in [0.2, 0.25) is 0 Å². The molecule has 0 saturated heterocycles. The van der Waals surface area contributed by atoms with Crippen molar-refractivity contribution in [3.63, 3.8) is 0 Å². The highest BCUT2D eigenvalue weighted by molar-refractivity contribution is 6.60. The first-order valence-corrected chi connectivity index (χ1v) is 11.2. The Labute approximate surface area is 122 Å². The zero-order valence-corrected chi connectivity index (χ0v) is 16.1. The molecule has 0 aliphatic heterocycles. The van der Waals surface area contributed by atoms with Gasteiger partial charge in [-0.25, -0.2) is 0 Å². The van der Waals surface area contributed by atoms with E-state index >= 15 is 0 Å². The average molecular weight is 309 g/mol. The van der Waals surface area contributed by atoms with E-state index in [4.69, 9.17) is 17.4 Å². The molecule has 0 radical (unpaired) electrons. The Morgan fingerprint density at radius 2 is 1.11 bits per heavy atom. The van der Waals surface area contributed by atoms with Crippen molar-refractivity contribution in [2.75, 3.05) is 0 Å². The third kappa shape index (κ3) is 7.58. The molecule has 116 valence electrons. The molecule has 0 aromatic heterocycles. The van der Waals surface area contributed by atoms with Gasteiger partial charge in [-0.05, 0) is 40.0 Å². The Morgan fingerprint density at radius 3 is 1.32 bits per heavy atom. The van der Waals surface area contributed by atoms with Crippen LogP contribution in [-0.2, 0) is 17.4 Å². The summed E-state index contributed by atoms with van der Waals surface area (Å²) < 4.78 is 24.2. The first kappa shape index (κ1) is 19.3. The Bertz CT molecular complexity index is 197. The van der Waals surface area contributed by atoms with Gasteiger partial charge in [0.25, 0.3) is 0 Å². The largest absolute Gasteiger partial charge is 0.669 e. The zero-order valence-electron chi connectivity index (χ0n) is 13.7. The molecule has 0 N–H and O–H groups in total. The van der Waals surface area contributed by atoms with Gasteiger partial charge in [-0.3, -0.25) is 0 Å². The molecule has 0 aromatic carbocycles. The molecule has 0 aromatic rings. The molecule has 0 aliphatic rings. The summed E-state index contributed by atoms with van der Waals surface area (Å²) in [5.74, 6) is 0. The van der Waals surface area contributed by atoms with Gasteiger partial charge >= 0.3 is 9.05 Å². The first-order chi connectivity index (χ1) is 8.92. The summed E-state index contributed by atoms with van der Waals surface area (Å²) in [7, 11) is -3.64. The van der Waals surface area contributed by atoms with Gasteiger partial charge in [0.05, 0.1) is 0 Å². The number of rotatable bonds is 11. The van der Waals surface area contributed by atoms with Gasteiger partial charge in [-0.2, -0.15) is 0 Å². The molecule has 0 saturated carbocycles. The molecule has 19 heavy (non-hydrogen) atoms. The van der Waals surface area contributed by atoms with Crippen molar-refractivity contribution in [2.24, 2.45) is 0 Å². The maximum Gasteiger partial charge on any atom is 0.669 e. The summed E-state index contributed by atoms with van der Waals surface area (Å²) in [5, 5.41) is 0. The van der Waals surface area contributed by atoms with Crippen molar-refractivity contribution in [1.82, 2.24) is 0 Å². The number of hydrogen-bond acceptors (Lipinski definition) is 4. The van der Waals surface area contributed by atoms with Crippen LogP contribution in [0.2, 0.25) is 6.55 Å². The lowest BCUT2D eigenvalue weighted by molar-refractivity contribution is -0.0571. The van der Waals surface area contributed by atoms with E-state index in [-0.39, 0.29) is 18.3 Å². The predicted octanol–water partition coefficient (Wildman–Crippen LogP) is 3.02. The van der Waals surface area contributed by atoms with Gasteiger partial charge in [0, 0.05) is 18.3 Å². The quantitative estimate of drug-likeness (QED) is 0.550. The van der Waals surface area contributed by atoms with E-state index < -0.39 is 18.8 Å². The van der Waals surface area contributed by atoms with Crippen LogP contribution >= 0.6 is 0 Å². The van der Waals surface area contributed by atoms with E-state index in [1.54, 1.807) is 0 Å². The fourth-order valence-corrected chi connectivity index (χ4v) is 5.73. The monoisotopic (exact) mass is 308 g/mol. The summed E-state index contributed by atoms with van der Waals surface area (Å²) in [6, 6.07) is 0. The lowest BCUT2D eigenvalue weighted by Crippen LogP contribution is -2.54.